The number of carbonyl (C=O) groups is 1. The minimum absolute atomic E-state index is 0.0624. The molecule has 1 atom stereocenters. The molecule has 0 aromatic heterocycles. The smallest absolute Gasteiger partial charge is 0.475 e. The summed E-state index contributed by atoms with van der Waals surface area (Å²) in [6, 6.07) is 8.68. The average molecular weight is 424 g/mol. The van der Waals surface area contributed by atoms with E-state index in [-0.39, 0.29) is 5.41 Å². The minimum atomic E-state index is -5.08. The Morgan fingerprint density at radius 2 is 1.79 bits per heavy atom. The summed E-state index contributed by atoms with van der Waals surface area (Å²) in [5.41, 5.74) is -0.0624. The van der Waals surface area contributed by atoms with Crippen LogP contribution in [-0.4, -0.2) is 81.3 Å². The SMILES string of the molecule is CN1CCC2(COCCN(S(=O)(=O)c3ccccc3)C2)C1.O=C(O)C(F)(F)F. The van der Waals surface area contributed by atoms with Crippen molar-refractivity contribution in [3.63, 3.8) is 0 Å². The number of hydrogen-bond acceptors (Lipinski definition) is 5. The third-order valence-electron chi connectivity index (χ3n) is 4.66. The molecule has 0 radical (unpaired) electrons. The van der Waals surface area contributed by atoms with Crippen LogP contribution >= 0.6 is 0 Å². The van der Waals surface area contributed by atoms with Gasteiger partial charge in [-0.15, -0.1) is 0 Å². The fourth-order valence-electron chi connectivity index (χ4n) is 3.31. The van der Waals surface area contributed by atoms with Crippen molar-refractivity contribution in [1.29, 1.82) is 0 Å². The van der Waals surface area contributed by atoms with Gasteiger partial charge in [0, 0.05) is 25.0 Å². The van der Waals surface area contributed by atoms with E-state index in [0.717, 1.165) is 19.5 Å². The number of halogens is 3. The Labute approximate surface area is 161 Å². The van der Waals surface area contributed by atoms with Crippen LogP contribution in [-0.2, 0) is 19.6 Å². The number of aliphatic carboxylic acids is 1. The van der Waals surface area contributed by atoms with Crippen molar-refractivity contribution >= 4 is 16.0 Å². The molecule has 2 aliphatic rings. The largest absolute Gasteiger partial charge is 0.490 e. The van der Waals surface area contributed by atoms with Crippen molar-refractivity contribution in [2.24, 2.45) is 5.41 Å². The number of benzene rings is 1. The van der Waals surface area contributed by atoms with E-state index >= 15 is 0 Å². The normalized spacial score (nSPS) is 24.4. The van der Waals surface area contributed by atoms with Crippen LogP contribution in [0.25, 0.3) is 0 Å². The number of likely N-dealkylation sites (tertiary alicyclic amines) is 1. The summed E-state index contributed by atoms with van der Waals surface area (Å²) < 4.78 is 64.7. The molecule has 11 heteroatoms. The predicted octanol–water partition coefficient (Wildman–Crippen LogP) is 1.66. The molecule has 2 fully saturated rings. The fraction of sp³-hybridized carbons (Fsp3) is 0.588. The highest BCUT2D eigenvalue weighted by Crippen LogP contribution is 2.34. The Hall–Kier alpha value is -1.69. The Kier molecular flexibility index (Phi) is 7.07. The third-order valence-corrected chi connectivity index (χ3v) is 6.52. The van der Waals surface area contributed by atoms with E-state index in [4.69, 9.17) is 14.6 Å². The van der Waals surface area contributed by atoms with Crippen LogP contribution < -0.4 is 0 Å². The topological polar surface area (TPSA) is 87.2 Å². The lowest BCUT2D eigenvalue weighted by molar-refractivity contribution is -0.192. The number of rotatable bonds is 2. The molecule has 1 N–H and O–H groups in total. The molecule has 0 saturated carbocycles. The molecule has 0 amide bonds. The quantitative estimate of drug-likeness (QED) is 0.777. The van der Waals surface area contributed by atoms with Crippen molar-refractivity contribution in [2.45, 2.75) is 17.5 Å². The Balaban J connectivity index is 0.000000345. The second kappa shape index (κ2) is 8.76. The first kappa shape index (κ1) is 22.6. The van der Waals surface area contributed by atoms with Gasteiger partial charge in [-0.3, -0.25) is 0 Å². The molecule has 7 nitrogen and oxygen atoms in total. The van der Waals surface area contributed by atoms with Gasteiger partial charge < -0.3 is 14.7 Å². The second-order valence-electron chi connectivity index (χ2n) is 6.99. The number of sulfonamides is 1. The van der Waals surface area contributed by atoms with Crippen LogP contribution in [0.1, 0.15) is 6.42 Å². The van der Waals surface area contributed by atoms with Crippen molar-refractivity contribution in [3.8, 4) is 0 Å². The standard InChI is InChI=1S/C15H22N2O3S.C2HF3O2/c1-16-8-7-15(11-16)12-17(9-10-20-13-15)21(18,19)14-5-3-2-4-6-14;3-2(4,5)1(6)7/h2-6H,7-13H2,1H3;(H,6,7). The molecule has 2 aliphatic heterocycles. The van der Waals surface area contributed by atoms with Crippen molar-refractivity contribution in [2.75, 3.05) is 46.4 Å². The Morgan fingerprint density at radius 1 is 1.18 bits per heavy atom. The number of ether oxygens (including phenoxy) is 1. The van der Waals surface area contributed by atoms with Gasteiger partial charge in [0.15, 0.2) is 0 Å². The van der Waals surface area contributed by atoms with Crippen LogP contribution in [0.4, 0.5) is 13.2 Å². The summed E-state index contributed by atoms with van der Waals surface area (Å²) >= 11 is 0. The van der Waals surface area contributed by atoms with Gasteiger partial charge in [0.05, 0.1) is 18.1 Å². The molecule has 1 aromatic rings. The van der Waals surface area contributed by atoms with Gasteiger partial charge in [0.1, 0.15) is 0 Å². The molecule has 2 saturated heterocycles. The molecule has 28 heavy (non-hydrogen) atoms. The van der Waals surface area contributed by atoms with Gasteiger partial charge in [0.25, 0.3) is 0 Å². The van der Waals surface area contributed by atoms with E-state index < -0.39 is 22.2 Å². The van der Waals surface area contributed by atoms with Gasteiger partial charge in [-0.2, -0.15) is 17.5 Å². The van der Waals surface area contributed by atoms with Crippen LogP contribution in [0.3, 0.4) is 0 Å². The molecule has 1 aromatic carbocycles. The van der Waals surface area contributed by atoms with E-state index in [1.165, 1.54) is 0 Å². The van der Waals surface area contributed by atoms with Crippen LogP contribution in [0, 0.1) is 5.41 Å². The summed E-state index contributed by atoms with van der Waals surface area (Å²) in [6.45, 7) is 4.00. The maximum atomic E-state index is 12.8. The fourth-order valence-corrected chi connectivity index (χ4v) is 4.86. The zero-order valence-corrected chi connectivity index (χ0v) is 16.2. The highest BCUT2D eigenvalue weighted by Gasteiger charge is 2.43. The molecule has 0 aliphatic carbocycles. The van der Waals surface area contributed by atoms with E-state index in [9.17, 15) is 21.6 Å². The lowest BCUT2D eigenvalue weighted by Gasteiger charge is -2.31. The Bertz CT molecular complexity index is 773. The number of alkyl halides is 3. The first-order chi connectivity index (χ1) is 13.0. The molecule has 2 heterocycles. The highest BCUT2D eigenvalue weighted by atomic mass is 32.2. The van der Waals surface area contributed by atoms with Crippen molar-refractivity contribution in [3.05, 3.63) is 30.3 Å². The molecule has 158 valence electrons. The van der Waals surface area contributed by atoms with Crippen LogP contribution in [0.2, 0.25) is 0 Å². The molecule has 0 bridgehead atoms. The number of carboxylic acid groups (broad SMARTS) is 1. The molecule has 1 unspecified atom stereocenters. The first-order valence-electron chi connectivity index (χ1n) is 8.58. The van der Waals surface area contributed by atoms with E-state index in [2.05, 4.69) is 11.9 Å². The molecule has 1 spiro atoms. The minimum Gasteiger partial charge on any atom is -0.475 e. The molecular formula is C17H23F3N2O5S. The van der Waals surface area contributed by atoms with Crippen molar-refractivity contribution < 1.29 is 36.2 Å². The van der Waals surface area contributed by atoms with Gasteiger partial charge in [0.2, 0.25) is 10.0 Å². The zero-order chi connectivity index (χ0) is 21.0. The van der Waals surface area contributed by atoms with E-state index in [1.807, 2.05) is 6.07 Å². The summed E-state index contributed by atoms with van der Waals surface area (Å²) in [7, 11) is -1.35. The second-order valence-corrected chi connectivity index (χ2v) is 8.93. The van der Waals surface area contributed by atoms with E-state index in [1.54, 1.807) is 28.6 Å². The predicted molar refractivity (Wildman–Crippen MR) is 94.3 cm³/mol. The number of hydrogen-bond donors (Lipinski definition) is 1. The van der Waals surface area contributed by atoms with Crippen LogP contribution in [0.15, 0.2) is 35.2 Å². The maximum Gasteiger partial charge on any atom is 0.490 e. The first-order valence-corrected chi connectivity index (χ1v) is 10.0. The van der Waals surface area contributed by atoms with Gasteiger partial charge in [-0.25, -0.2) is 13.2 Å². The van der Waals surface area contributed by atoms with Crippen molar-refractivity contribution in [1.82, 2.24) is 9.21 Å². The Morgan fingerprint density at radius 3 is 2.29 bits per heavy atom. The number of nitrogens with zero attached hydrogens (tertiary/aromatic N) is 2. The lowest BCUT2D eigenvalue weighted by atomic mass is 9.88. The average Bonchev–Trinajstić information content (AvgIpc) is 2.85. The number of carboxylic acids is 1. The molecular weight excluding hydrogens is 401 g/mol. The summed E-state index contributed by atoms with van der Waals surface area (Å²) in [4.78, 5) is 11.5. The van der Waals surface area contributed by atoms with E-state index in [0.29, 0.717) is 31.2 Å². The summed E-state index contributed by atoms with van der Waals surface area (Å²) in [5, 5.41) is 7.12. The zero-order valence-electron chi connectivity index (χ0n) is 15.4. The third kappa shape index (κ3) is 5.66. The lowest BCUT2D eigenvalue weighted by Crippen LogP contribution is -2.43. The highest BCUT2D eigenvalue weighted by molar-refractivity contribution is 7.89. The summed E-state index contributed by atoms with van der Waals surface area (Å²) in [5.74, 6) is -2.76. The summed E-state index contributed by atoms with van der Waals surface area (Å²) in [6.07, 6.45) is -4.09. The van der Waals surface area contributed by atoms with Gasteiger partial charge in [-0.1, -0.05) is 18.2 Å². The van der Waals surface area contributed by atoms with Crippen LogP contribution in [0.5, 0.6) is 0 Å². The monoisotopic (exact) mass is 424 g/mol. The van der Waals surface area contributed by atoms with Gasteiger partial charge in [-0.05, 0) is 32.1 Å². The van der Waals surface area contributed by atoms with Gasteiger partial charge >= 0.3 is 12.1 Å². The molecule has 3 rings (SSSR count). The maximum absolute atomic E-state index is 12.8.